The van der Waals surface area contributed by atoms with Crippen LogP contribution in [0, 0.1) is 25.7 Å². The lowest BCUT2D eigenvalue weighted by molar-refractivity contribution is 0.357. The molecule has 1 N–H and O–H groups in total. The van der Waals surface area contributed by atoms with Crippen molar-refractivity contribution in [2.24, 2.45) is 11.8 Å². The summed E-state index contributed by atoms with van der Waals surface area (Å²) < 4.78 is 2.40. The van der Waals surface area contributed by atoms with Gasteiger partial charge in [-0.1, -0.05) is 31.5 Å². The van der Waals surface area contributed by atoms with E-state index >= 15 is 0 Å². The molecule has 2 saturated heterocycles. The minimum Gasteiger partial charge on any atom is -0.370 e. The molecule has 4 unspecified atom stereocenters. The molecule has 0 amide bonds. The molecular formula is C30H38ClN5S. The standard InChI is InChI=1S/C30H38ClN5S/c1-18(2)35-21(5)14-24(22(35)6)29-28(26-9-7-8-12-32-26)33-30(37)36(29)23-10-11-27(25(31)15-23)34-16-19(3)13-20(4)17-34/h7-12,14-15,18-20,28-29H,13,16-17H2,1-6H3,(H,33,37). The fraction of sp³-hybridized carbons (Fsp3) is 0.467. The van der Waals surface area contributed by atoms with Gasteiger partial charge in [0.05, 0.1) is 28.5 Å². The molecule has 7 heteroatoms. The molecule has 2 aromatic heterocycles. The Balaban J connectivity index is 1.58. The Morgan fingerprint density at radius 2 is 1.78 bits per heavy atom. The highest BCUT2D eigenvalue weighted by Gasteiger charge is 2.42. The molecule has 0 spiro atoms. The molecule has 4 heterocycles. The number of anilines is 2. The Labute approximate surface area is 231 Å². The predicted octanol–water partition coefficient (Wildman–Crippen LogP) is 7.39. The van der Waals surface area contributed by atoms with Crippen LogP contribution in [0.3, 0.4) is 0 Å². The highest BCUT2D eigenvalue weighted by Crippen LogP contribution is 2.45. The lowest BCUT2D eigenvalue weighted by Gasteiger charge is -2.37. The largest absolute Gasteiger partial charge is 0.370 e. The first-order chi connectivity index (χ1) is 17.7. The van der Waals surface area contributed by atoms with E-state index in [2.05, 4.69) is 91.6 Å². The third-order valence-corrected chi connectivity index (χ3v) is 8.49. The van der Waals surface area contributed by atoms with Crippen LogP contribution in [0.5, 0.6) is 0 Å². The van der Waals surface area contributed by atoms with Crippen molar-refractivity contribution in [2.75, 3.05) is 22.9 Å². The van der Waals surface area contributed by atoms with E-state index in [0.717, 1.165) is 35.2 Å². The fourth-order valence-corrected chi connectivity index (χ4v) is 7.25. The first-order valence-corrected chi connectivity index (χ1v) is 14.2. The molecule has 5 nitrogen and oxygen atoms in total. The maximum atomic E-state index is 6.99. The number of halogens is 1. The summed E-state index contributed by atoms with van der Waals surface area (Å²) in [6, 6.07) is 15.1. The molecule has 0 aliphatic carbocycles. The zero-order valence-electron chi connectivity index (χ0n) is 22.7. The number of aromatic nitrogens is 2. The summed E-state index contributed by atoms with van der Waals surface area (Å²) in [6.45, 7) is 15.6. The van der Waals surface area contributed by atoms with Crippen molar-refractivity contribution in [3.8, 4) is 0 Å². The summed E-state index contributed by atoms with van der Waals surface area (Å²) in [4.78, 5) is 9.39. The van der Waals surface area contributed by atoms with Crippen molar-refractivity contribution < 1.29 is 0 Å². The molecule has 4 atom stereocenters. The number of hydrogen-bond donors (Lipinski definition) is 1. The second-order valence-corrected chi connectivity index (χ2v) is 12.1. The number of hydrogen-bond acceptors (Lipinski definition) is 3. The minimum atomic E-state index is -0.0722. The number of aryl methyl sites for hydroxylation is 1. The molecule has 1 aromatic carbocycles. The third kappa shape index (κ3) is 4.86. The molecule has 0 saturated carbocycles. The van der Waals surface area contributed by atoms with E-state index in [1.807, 2.05) is 18.3 Å². The number of benzene rings is 1. The molecule has 0 radical (unpaired) electrons. The first-order valence-electron chi connectivity index (χ1n) is 13.4. The van der Waals surface area contributed by atoms with Gasteiger partial charge in [-0.05, 0) is 100 Å². The van der Waals surface area contributed by atoms with Crippen molar-refractivity contribution in [3.05, 3.63) is 76.3 Å². The maximum Gasteiger partial charge on any atom is 0.174 e. The summed E-state index contributed by atoms with van der Waals surface area (Å²) in [5.41, 5.74) is 6.86. The van der Waals surface area contributed by atoms with Gasteiger partial charge >= 0.3 is 0 Å². The highest BCUT2D eigenvalue weighted by molar-refractivity contribution is 7.80. The average molecular weight is 536 g/mol. The van der Waals surface area contributed by atoms with Gasteiger partial charge in [0.25, 0.3) is 0 Å². The Morgan fingerprint density at radius 1 is 1.05 bits per heavy atom. The minimum absolute atomic E-state index is 0.0435. The number of piperidine rings is 1. The van der Waals surface area contributed by atoms with E-state index in [9.17, 15) is 0 Å². The predicted molar refractivity (Wildman–Crippen MR) is 159 cm³/mol. The Morgan fingerprint density at radius 3 is 2.38 bits per heavy atom. The molecule has 2 aliphatic heterocycles. The number of thiocarbonyl (C=S) groups is 1. The molecule has 37 heavy (non-hydrogen) atoms. The zero-order chi connectivity index (χ0) is 26.4. The van der Waals surface area contributed by atoms with Crippen molar-refractivity contribution in [2.45, 2.75) is 66.1 Å². The summed E-state index contributed by atoms with van der Waals surface area (Å²) in [6.07, 6.45) is 3.12. The summed E-state index contributed by atoms with van der Waals surface area (Å²) >= 11 is 13.0. The number of nitrogens with zero attached hydrogens (tertiary/aromatic N) is 4. The van der Waals surface area contributed by atoms with Crippen molar-refractivity contribution in [1.29, 1.82) is 0 Å². The molecule has 3 aromatic rings. The molecule has 2 aliphatic rings. The van der Waals surface area contributed by atoms with Gasteiger partial charge in [0.1, 0.15) is 0 Å². The van der Waals surface area contributed by atoms with Gasteiger partial charge in [0, 0.05) is 42.4 Å². The quantitative estimate of drug-likeness (QED) is 0.344. The smallest absolute Gasteiger partial charge is 0.174 e. The van der Waals surface area contributed by atoms with Crippen LogP contribution in [0.15, 0.2) is 48.7 Å². The fourth-order valence-electron chi connectivity index (χ4n) is 6.61. The molecule has 5 rings (SSSR count). The normalized spacial score (nSPS) is 24.2. The summed E-state index contributed by atoms with van der Waals surface area (Å²) in [5, 5.41) is 5.06. The summed E-state index contributed by atoms with van der Waals surface area (Å²) in [7, 11) is 0. The van der Waals surface area contributed by atoms with Crippen LogP contribution in [-0.4, -0.2) is 27.8 Å². The van der Waals surface area contributed by atoms with Crippen LogP contribution >= 0.6 is 23.8 Å². The lowest BCUT2D eigenvalue weighted by atomic mass is 9.91. The van der Waals surface area contributed by atoms with Crippen LogP contribution in [0.25, 0.3) is 0 Å². The topological polar surface area (TPSA) is 36.3 Å². The van der Waals surface area contributed by atoms with E-state index in [1.165, 1.54) is 23.4 Å². The molecular weight excluding hydrogens is 498 g/mol. The second-order valence-electron chi connectivity index (χ2n) is 11.3. The van der Waals surface area contributed by atoms with Crippen LogP contribution < -0.4 is 15.1 Å². The van der Waals surface area contributed by atoms with E-state index in [4.69, 9.17) is 28.8 Å². The van der Waals surface area contributed by atoms with Crippen molar-refractivity contribution >= 4 is 40.3 Å². The SMILES string of the molecule is Cc1cc(C2C(c3ccccn3)NC(=S)N2c2ccc(N3CC(C)CC(C)C3)c(Cl)c2)c(C)n1C(C)C. The van der Waals surface area contributed by atoms with Gasteiger partial charge in [0.15, 0.2) is 5.11 Å². The monoisotopic (exact) mass is 535 g/mol. The number of rotatable bonds is 5. The van der Waals surface area contributed by atoms with Crippen LogP contribution in [-0.2, 0) is 0 Å². The van der Waals surface area contributed by atoms with Crippen LogP contribution in [0.1, 0.15) is 74.9 Å². The van der Waals surface area contributed by atoms with E-state index in [-0.39, 0.29) is 12.1 Å². The van der Waals surface area contributed by atoms with E-state index in [1.54, 1.807) is 0 Å². The van der Waals surface area contributed by atoms with Crippen molar-refractivity contribution in [3.63, 3.8) is 0 Å². The Bertz CT molecular complexity index is 1280. The Kier molecular flexibility index (Phi) is 7.25. The third-order valence-electron chi connectivity index (χ3n) is 7.88. The van der Waals surface area contributed by atoms with E-state index < -0.39 is 0 Å². The number of nitrogens with one attached hydrogen (secondary N) is 1. The second kappa shape index (κ2) is 10.3. The van der Waals surface area contributed by atoms with Crippen LogP contribution in [0.2, 0.25) is 5.02 Å². The lowest BCUT2D eigenvalue weighted by Crippen LogP contribution is -2.38. The zero-order valence-corrected chi connectivity index (χ0v) is 24.3. The first kappa shape index (κ1) is 26.1. The van der Waals surface area contributed by atoms with Gasteiger partial charge in [-0.3, -0.25) is 4.98 Å². The van der Waals surface area contributed by atoms with Gasteiger partial charge in [0.2, 0.25) is 0 Å². The average Bonchev–Trinajstić information content (AvgIpc) is 3.33. The van der Waals surface area contributed by atoms with E-state index in [0.29, 0.717) is 23.0 Å². The van der Waals surface area contributed by atoms with Gasteiger partial charge in [-0.15, -0.1) is 0 Å². The van der Waals surface area contributed by atoms with Gasteiger partial charge in [-0.2, -0.15) is 0 Å². The number of pyridine rings is 1. The summed E-state index contributed by atoms with van der Waals surface area (Å²) in [5.74, 6) is 1.32. The van der Waals surface area contributed by atoms with Crippen LogP contribution in [0.4, 0.5) is 11.4 Å². The molecule has 2 fully saturated rings. The molecule has 196 valence electrons. The Hall–Kier alpha value is -2.57. The maximum absolute atomic E-state index is 6.99. The highest BCUT2D eigenvalue weighted by atomic mass is 35.5. The van der Waals surface area contributed by atoms with Gasteiger partial charge in [-0.25, -0.2) is 0 Å². The molecule has 0 bridgehead atoms. The van der Waals surface area contributed by atoms with Gasteiger partial charge < -0.3 is 19.7 Å². The van der Waals surface area contributed by atoms with Crippen molar-refractivity contribution in [1.82, 2.24) is 14.9 Å².